The molecule has 8 heteroatoms. The van der Waals surface area contributed by atoms with E-state index in [9.17, 15) is 19.2 Å². The van der Waals surface area contributed by atoms with Gasteiger partial charge in [0.25, 0.3) is 0 Å². The SMILES string of the molecule is CNC(=O)N1C(N2C(=O)CCC2=O)N(C)C(=O)[C@@H]1C. The average Bonchev–Trinajstić information content (AvgIpc) is 2.81. The average molecular weight is 268 g/mol. The zero-order valence-corrected chi connectivity index (χ0v) is 11.0. The van der Waals surface area contributed by atoms with Gasteiger partial charge in [0.15, 0.2) is 6.29 Å². The summed E-state index contributed by atoms with van der Waals surface area (Å²) in [4.78, 5) is 50.9. The van der Waals surface area contributed by atoms with Crippen LogP contribution >= 0.6 is 0 Å². The predicted molar refractivity (Wildman–Crippen MR) is 63.4 cm³/mol. The fourth-order valence-electron chi connectivity index (χ4n) is 2.47. The van der Waals surface area contributed by atoms with Crippen LogP contribution in [0.2, 0.25) is 0 Å². The number of nitrogens with zero attached hydrogens (tertiary/aromatic N) is 3. The molecule has 2 fully saturated rings. The molecular formula is C11H16N4O4. The highest BCUT2D eigenvalue weighted by Gasteiger charge is 2.51. The van der Waals surface area contributed by atoms with E-state index in [1.54, 1.807) is 6.92 Å². The summed E-state index contributed by atoms with van der Waals surface area (Å²) in [7, 11) is 2.91. The number of hydrogen-bond donors (Lipinski definition) is 1. The molecule has 2 rings (SSSR count). The molecule has 0 radical (unpaired) electrons. The van der Waals surface area contributed by atoms with Crippen molar-refractivity contribution in [3.8, 4) is 0 Å². The van der Waals surface area contributed by atoms with Crippen LogP contribution in [0.1, 0.15) is 19.8 Å². The van der Waals surface area contributed by atoms with E-state index in [1.807, 2.05) is 0 Å². The molecule has 0 aliphatic carbocycles. The summed E-state index contributed by atoms with van der Waals surface area (Å²) >= 11 is 0. The van der Waals surface area contributed by atoms with E-state index in [0.29, 0.717) is 0 Å². The number of imide groups is 1. The van der Waals surface area contributed by atoms with Crippen LogP contribution in [0.3, 0.4) is 0 Å². The highest BCUT2D eigenvalue weighted by atomic mass is 16.2. The summed E-state index contributed by atoms with van der Waals surface area (Å²) in [5.74, 6) is -1.03. The van der Waals surface area contributed by atoms with Gasteiger partial charge in [-0.3, -0.25) is 19.3 Å². The molecule has 5 amide bonds. The first-order valence-corrected chi connectivity index (χ1v) is 6.01. The van der Waals surface area contributed by atoms with Crippen LogP contribution in [0.15, 0.2) is 0 Å². The number of carbonyl (C=O) groups is 4. The van der Waals surface area contributed by atoms with E-state index in [0.717, 1.165) is 4.90 Å². The molecule has 0 spiro atoms. The monoisotopic (exact) mass is 268 g/mol. The second-order valence-electron chi connectivity index (χ2n) is 4.59. The van der Waals surface area contributed by atoms with Crippen molar-refractivity contribution in [3.63, 3.8) is 0 Å². The Kier molecular flexibility index (Phi) is 3.17. The summed E-state index contributed by atoms with van der Waals surface area (Å²) < 4.78 is 0. The van der Waals surface area contributed by atoms with Gasteiger partial charge in [-0.25, -0.2) is 9.69 Å². The molecule has 0 aromatic rings. The van der Waals surface area contributed by atoms with Gasteiger partial charge in [0, 0.05) is 26.9 Å². The number of likely N-dealkylation sites (tertiary alicyclic amines) is 1. The molecule has 19 heavy (non-hydrogen) atoms. The van der Waals surface area contributed by atoms with E-state index in [4.69, 9.17) is 0 Å². The van der Waals surface area contributed by atoms with Crippen molar-refractivity contribution in [2.75, 3.05) is 14.1 Å². The molecule has 2 atom stereocenters. The zero-order chi connectivity index (χ0) is 14.3. The Morgan fingerprint density at radius 1 is 1.21 bits per heavy atom. The summed E-state index contributed by atoms with van der Waals surface area (Å²) in [6.07, 6.45) is -0.731. The van der Waals surface area contributed by atoms with Crippen LogP contribution in [-0.4, -0.2) is 64.9 Å². The van der Waals surface area contributed by atoms with E-state index in [2.05, 4.69) is 5.32 Å². The van der Waals surface area contributed by atoms with Gasteiger partial charge in [-0.2, -0.15) is 0 Å². The Morgan fingerprint density at radius 3 is 2.21 bits per heavy atom. The van der Waals surface area contributed by atoms with Gasteiger partial charge in [0.1, 0.15) is 6.04 Å². The van der Waals surface area contributed by atoms with Gasteiger partial charge < -0.3 is 10.2 Å². The van der Waals surface area contributed by atoms with Crippen molar-refractivity contribution in [1.29, 1.82) is 0 Å². The maximum atomic E-state index is 12.0. The van der Waals surface area contributed by atoms with Crippen LogP contribution < -0.4 is 5.32 Å². The molecule has 0 bridgehead atoms. The van der Waals surface area contributed by atoms with E-state index < -0.39 is 18.4 Å². The van der Waals surface area contributed by atoms with E-state index >= 15 is 0 Å². The Hall–Kier alpha value is -2.12. The number of carbonyl (C=O) groups excluding carboxylic acids is 4. The molecule has 2 aliphatic rings. The quantitative estimate of drug-likeness (QED) is 0.613. The molecule has 1 N–H and O–H groups in total. The van der Waals surface area contributed by atoms with E-state index in [1.165, 1.54) is 23.9 Å². The normalized spacial score (nSPS) is 27.5. The van der Waals surface area contributed by atoms with Crippen LogP contribution in [-0.2, 0) is 14.4 Å². The number of nitrogens with one attached hydrogen (secondary N) is 1. The Balaban J connectivity index is 2.40. The van der Waals surface area contributed by atoms with Crippen molar-refractivity contribution >= 4 is 23.8 Å². The summed E-state index contributed by atoms with van der Waals surface area (Å²) in [5, 5.41) is 2.42. The topological polar surface area (TPSA) is 90.0 Å². The van der Waals surface area contributed by atoms with Gasteiger partial charge in [-0.05, 0) is 6.92 Å². The largest absolute Gasteiger partial charge is 0.341 e. The maximum Gasteiger partial charge on any atom is 0.320 e. The predicted octanol–water partition coefficient (Wildman–Crippen LogP) is -1.08. The second kappa shape index (κ2) is 4.52. The molecule has 2 saturated heterocycles. The molecular weight excluding hydrogens is 252 g/mol. The number of likely N-dealkylation sites (N-methyl/N-ethyl adjacent to an activating group) is 1. The lowest BCUT2D eigenvalue weighted by Crippen LogP contribution is -2.57. The van der Waals surface area contributed by atoms with Gasteiger partial charge in [-0.1, -0.05) is 0 Å². The lowest BCUT2D eigenvalue weighted by atomic mass is 10.3. The second-order valence-corrected chi connectivity index (χ2v) is 4.59. The van der Waals surface area contributed by atoms with Gasteiger partial charge in [0.05, 0.1) is 0 Å². The molecule has 0 saturated carbocycles. The van der Waals surface area contributed by atoms with Crippen molar-refractivity contribution in [3.05, 3.63) is 0 Å². The van der Waals surface area contributed by atoms with Gasteiger partial charge in [-0.15, -0.1) is 0 Å². The van der Waals surface area contributed by atoms with Crippen LogP contribution in [0, 0.1) is 0 Å². The third-order valence-electron chi connectivity index (χ3n) is 3.49. The molecule has 104 valence electrons. The first kappa shape index (κ1) is 13.3. The highest BCUT2D eigenvalue weighted by molar-refractivity contribution is 6.03. The fourth-order valence-corrected chi connectivity index (χ4v) is 2.47. The Morgan fingerprint density at radius 2 is 1.74 bits per heavy atom. The highest BCUT2D eigenvalue weighted by Crippen LogP contribution is 2.27. The first-order chi connectivity index (χ1) is 8.90. The number of urea groups is 1. The summed E-state index contributed by atoms with van der Waals surface area (Å²) in [5.41, 5.74) is 0. The fraction of sp³-hybridized carbons (Fsp3) is 0.636. The minimum atomic E-state index is -0.968. The van der Waals surface area contributed by atoms with Crippen molar-refractivity contribution in [2.24, 2.45) is 0 Å². The lowest BCUT2D eigenvalue weighted by molar-refractivity contribution is -0.149. The van der Waals surface area contributed by atoms with Crippen molar-refractivity contribution < 1.29 is 19.2 Å². The summed E-state index contributed by atoms with van der Waals surface area (Å²) in [6.45, 7) is 1.57. The molecule has 2 heterocycles. The third-order valence-corrected chi connectivity index (χ3v) is 3.49. The Bertz CT molecular complexity index is 448. The van der Waals surface area contributed by atoms with Crippen molar-refractivity contribution in [2.45, 2.75) is 32.1 Å². The number of amides is 5. The van der Waals surface area contributed by atoms with Gasteiger partial charge in [0.2, 0.25) is 17.7 Å². The molecule has 1 unspecified atom stereocenters. The van der Waals surface area contributed by atoms with Crippen LogP contribution in [0.4, 0.5) is 4.79 Å². The lowest BCUT2D eigenvalue weighted by Gasteiger charge is -2.34. The van der Waals surface area contributed by atoms with Gasteiger partial charge >= 0.3 is 6.03 Å². The summed E-state index contributed by atoms with van der Waals surface area (Å²) in [6, 6.07) is -1.21. The standard InChI is InChI=1S/C11H16N4O4/c1-6-9(18)13(3)11(14(6)10(19)12-2)15-7(16)4-5-8(15)17/h6,11H,4-5H2,1-3H3,(H,12,19)/t6-,11?/m0/s1. The first-order valence-electron chi connectivity index (χ1n) is 6.01. The van der Waals surface area contributed by atoms with Crippen molar-refractivity contribution in [1.82, 2.24) is 20.0 Å². The molecule has 8 nitrogen and oxygen atoms in total. The molecule has 2 aliphatic heterocycles. The van der Waals surface area contributed by atoms with Crippen LogP contribution in [0.5, 0.6) is 0 Å². The Labute approximate surface area is 110 Å². The number of rotatable bonds is 1. The third kappa shape index (κ3) is 1.83. The minimum Gasteiger partial charge on any atom is -0.341 e. The molecule has 0 aromatic heterocycles. The zero-order valence-electron chi connectivity index (χ0n) is 11.0. The molecule has 0 aromatic carbocycles. The minimum absolute atomic E-state index is 0.118. The van der Waals surface area contributed by atoms with E-state index in [-0.39, 0.29) is 30.6 Å². The van der Waals surface area contributed by atoms with Crippen LogP contribution in [0.25, 0.3) is 0 Å². The smallest absolute Gasteiger partial charge is 0.320 e. The number of hydrogen-bond acceptors (Lipinski definition) is 4. The maximum absolute atomic E-state index is 12.0.